The summed E-state index contributed by atoms with van der Waals surface area (Å²) in [6.45, 7) is 3.76. The predicted octanol–water partition coefficient (Wildman–Crippen LogP) is 5.29. The number of carbonyl (C=O) groups excluding carboxylic acids is 1. The van der Waals surface area contributed by atoms with Gasteiger partial charge in [-0.05, 0) is 80.3 Å². The molecule has 2 aliphatic rings. The monoisotopic (exact) mass is 479 g/mol. The molecule has 0 unspecified atom stereocenters. The zero-order valence-electron chi connectivity index (χ0n) is 19.5. The Morgan fingerprint density at radius 2 is 2.00 bits per heavy atom. The van der Waals surface area contributed by atoms with E-state index in [-0.39, 0.29) is 11.8 Å². The van der Waals surface area contributed by atoms with Gasteiger partial charge in [0.2, 0.25) is 5.91 Å². The van der Waals surface area contributed by atoms with Gasteiger partial charge in [0.05, 0.1) is 12.0 Å². The van der Waals surface area contributed by atoms with Crippen molar-refractivity contribution in [3.05, 3.63) is 64.4 Å². The summed E-state index contributed by atoms with van der Waals surface area (Å²) in [4.78, 5) is 31.5. The Balaban J connectivity index is 1.35. The number of fused-ring (bicyclic) bond motifs is 3. The fraction of sp³-hybridized carbons (Fsp3) is 0.444. The van der Waals surface area contributed by atoms with Gasteiger partial charge in [0, 0.05) is 41.8 Å². The fourth-order valence-electron chi connectivity index (χ4n) is 5.57. The predicted molar refractivity (Wildman–Crippen MR) is 132 cm³/mol. The first kappa shape index (κ1) is 22.9. The molecule has 0 saturated heterocycles. The lowest BCUT2D eigenvalue weighted by Gasteiger charge is -2.35. The van der Waals surface area contributed by atoms with Crippen LogP contribution < -0.4 is 0 Å². The second-order valence-electron chi connectivity index (χ2n) is 10.1. The summed E-state index contributed by atoms with van der Waals surface area (Å²) >= 11 is 6.23. The molecule has 0 radical (unpaired) electrons. The van der Waals surface area contributed by atoms with Crippen LogP contribution >= 0.6 is 11.6 Å². The van der Waals surface area contributed by atoms with Crippen LogP contribution in [0.2, 0.25) is 5.02 Å². The van der Waals surface area contributed by atoms with Gasteiger partial charge in [-0.2, -0.15) is 0 Å². The highest BCUT2D eigenvalue weighted by Crippen LogP contribution is 2.40. The van der Waals surface area contributed by atoms with Crippen molar-refractivity contribution in [1.29, 1.82) is 0 Å². The van der Waals surface area contributed by atoms with E-state index in [0.29, 0.717) is 43.9 Å². The number of aromatic nitrogens is 2. The summed E-state index contributed by atoms with van der Waals surface area (Å²) in [5.41, 5.74) is 3.83. The zero-order valence-corrected chi connectivity index (χ0v) is 20.2. The average molecular weight is 480 g/mol. The molecule has 34 heavy (non-hydrogen) atoms. The molecule has 7 heteroatoms. The van der Waals surface area contributed by atoms with Crippen LogP contribution in [0.3, 0.4) is 0 Å². The molecule has 5 rings (SSSR count). The van der Waals surface area contributed by atoms with Crippen molar-refractivity contribution in [2.75, 3.05) is 6.54 Å². The SMILES string of the molecule is CC1(C(=O)O)CCC(CC(=O)N2CCc3c(n(Cc4cccc(Cl)c4)c4ncccc34)C2)CC1. The molecule has 1 fully saturated rings. The third-order valence-corrected chi connectivity index (χ3v) is 8.02. The summed E-state index contributed by atoms with van der Waals surface area (Å²) in [5, 5.41) is 11.3. The summed E-state index contributed by atoms with van der Waals surface area (Å²) in [6, 6.07) is 12.0. The normalized spacial score (nSPS) is 22.5. The van der Waals surface area contributed by atoms with Crippen LogP contribution in [0.25, 0.3) is 11.0 Å². The van der Waals surface area contributed by atoms with Crippen LogP contribution in [-0.4, -0.2) is 38.0 Å². The maximum absolute atomic E-state index is 13.3. The smallest absolute Gasteiger partial charge is 0.309 e. The molecule has 3 heterocycles. The summed E-state index contributed by atoms with van der Waals surface area (Å²) in [7, 11) is 0. The Bertz CT molecular complexity index is 1240. The number of pyridine rings is 1. The standard InChI is InChI=1S/C27H30ClN3O3/c1-27(26(33)34)10-7-18(8-11-27)15-24(32)30-13-9-21-22-6-3-12-29-25(22)31(23(21)17-30)16-19-4-2-5-20(28)14-19/h2-6,12,14,18H,7-11,13,15-17H2,1H3,(H,33,34). The van der Waals surface area contributed by atoms with E-state index in [1.165, 1.54) is 5.56 Å². The first-order valence-corrected chi connectivity index (χ1v) is 12.4. The first-order chi connectivity index (χ1) is 16.3. The number of carbonyl (C=O) groups is 2. The lowest BCUT2D eigenvalue weighted by molar-refractivity contribution is -0.150. The van der Waals surface area contributed by atoms with Crippen molar-refractivity contribution >= 4 is 34.5 Å². The number of carboxylic acid groups (broad SMARTS) is 1. The lowest BCUT2D eigenvalue weighted by atomic mass is 9.71. The Kier molecular flexibility index (Phi) is 6.11. The summed E-state index contributed by atoms with van der Waals surface area (Å²) in [6.07, 6.45) is 6.01. The Morgan fingerprint density at radius 1 is 1.21 bits per heavy atom. The lowest BCUT2D eigenvalue weighted by Crippen LogP contribution is -2.39. The van der Waals surface area contributed by atoms with E-state index in [9.17, 15) is 14.7 Å². The van der Waals surface area contributed by atoms with Gasteiger partial charge in [-0.25, -0.2) is 4.98 Å². The molecule has 1 amide bonds. The number of hydrogen-bond donors (Lipinski definition) is 1. The van der Waals surface area contributed by atoms with Gasteiger partial charge in [0.1, 0.15) is 5.65 Å². The molecule has 0 atom stereocenters. The van der Waals surface area contributed by atoms with Gasteiger partial charge < -0.3 is 14.6 Å². The molecule has 3 aromatic rings. The minimum absolute atomic E-state index is 0.169. The maximum Gasteiger partial charge on any atom is 0.309 e. The molecule has 1 aliphatic heterocycles. The highest BCUT2D eigenvalue weighted by Gasteiger charge is 2.38. The second kappa shape index (κ2) is 9.06. The minimum atomic E-state index is -0.720. The van der Waals surface area contributed by atoms with Crippen molar-refractivity contribution < 1.29 is 14.7 Å². The molecule has 6 nitrogen and oxygen atoms in total. The molecule has 0 bridgehead atoms. The van der Waals surface area contributed by atoms with Crippen molar-refractivity contribution in [3.63, 3.8) is 0 Å². The van der Waals surface area contributed by atoms with E-state index in [2.05, 4.69) is 21.7 Å². The number of aliphatic carboxylic acids is 1. The van der Waals surface area contributed by atoms with Crippen molar-refractivity contribution in [1.82, 2.24) is 14.5 Å². The molecule has 1 aromatic carbocycles. The maximum atomic E-state index is 13.3. The highest BCUT2D eigenvalue weighted by atomic mass is 35.5. The average Bonchev–Trinajstić information content (AvgIpc) is 3.13. The van der Waals surface area contributed by atoms with Gasteiger partial charge in [0.25, 0.3) is 0 Å². The van der Waals surface area contributed by atoms with Gasteiger partial charge in [0.15, 0.2) is 0 Å². The van der Waals surface area contributed by atoms with Crippen LogP contribution in [0.1, 0.15) is 55.8 Å². The van der Waals surface area contributed by atoms with E-state index in [4.69, 9.17) is 11.6 Å². The first-order valence-electron chi connectivity index (χ1n) is 12.0. The highest BCUT2D eigenvalue weighted by molar-refractivity contribution is 6.30. The third kappa shape index (κ3) is 4.31. The summed E-state index contributed by atoms with van der Waals surface area (Å²) < 4.78 is 2.23. The summed E-state index contributed by atoms with van der Waals surface area (Å²) in [5.74, 6) is -0.288. The number of amides is 1. The number of nitrogens with zero attached hydrogens (tertiary/aromatic N) is 3. The van der Waals surface area contributed by atoms with Crippen LogP contribution in [-0.2, 0) is 29.1 Å². The van der Waals surface area contributed by atoms with Crippen LogP contribution in [0.5, 0.6) is 0 Å². The molecular formula is C27H30ClN3O3. The molecule has 1 saturated carbocycles. The second-order valence-corrected chi connectivity index (χ2v) is 10.5. The minimum Gasteiger partial charge on any atom is -0.481 e. The van der Waals surface area contributed by atoms with Gasteiger partial charge in [-0.15, -0.1) is 0 Å². The van der Waals surface area contributed by atoms with Crippen molar-refractivity contribution in [3.8, 4) is 0 Å². The number of carboxylic acids is 1. The topological polar surface area (TPSA) is 75.4 Å². The number of benzene rings is 1. The van der Waals surface area contributed by atoms with Crippen molar-refractivity contribution in [2.45, 2.75) is 58.5 Å². The molecule has 1 aliphatic carbocycles. The number of halogens is 1. The van der Waals surface area contributed by atoms with Gasteiger partial charge in [-0.1, -0.05) is 23.7 Å². The van der Waals surface area contributed by atoms with Crippen LogP contribution in [0, 0.1) is 11.3 Å². The van der Waals surface area contributed by atoms with E-state index in [0.717, 1.165) is 41.6 Å². The number of hydrogen-bond acceptors (Lipinski definition) is 3. The third-order valence-electron chi connectivity index (χ3n) is 7.78. The van der Waals surface area contributed by atoms with Crippen molar-refractivity contribution in [2.24, 2.45) is 11.3 Å². The molecule has 1 N–H and O–H groups in total. The Morgan fingerprint density at radius 3 is 2.74 bits per heavy atom. The Labute approximate surface area is 204 Å². The van der Waals surface area contributed by atoms with E-state index in [1.54, 1.807) is 0 Å². The molecule has 2 aromatic heterocycles. The van der Waals surface area contributed by atoms with Crippen LogP contribution in [0.4, 0.5) is 0 Å². The van der Waals surface area contributed by atoms with Gasteiger partial charge in [-0.3, -0.25) is 9.59 Å². The van der Waals surface area contributed by atoms with E-state index < -0.39 is 11.4 Å². The fourth-order valence-corrected chi connectivity index (χ4v) is 5.78. The molecule has 178 valence electrons. The zero-order chi connectivity index (χ0) is 23.9. The quantitative estimate of drug-likeness (QED) is 0.539. The van der Waals surface area contributed by atoms with Crippen LogP contribution in [0.15, 0.2) is 42.6 Å². The Hall–Kier alpha value is -2.86. The van der Waals surface area contributed by atoms with E-state index in [1.807, 2.05) is 42.3 Å². The largest absolute Gasteiger partial charge is 0.481 e. The van der Waals surface area contributed by atoms with Gasteiger partial charge >= 0.3 is 5.97 Å². The number of rotatable bonds is 5. The molecule has 0 spiro atoms. The molecular weight excluding hydrogens is 450 g/mol. The van der Waals surface area contributed by atoms with E-state index >= 15 is 0 Å².